The van der Waals surface area contributed by atoms with Crippen LogP contribution < -0.4 is 10.0 Å². The minimum atomic E-state index is -3.66. The fraction of sp³-hybridized carbons (Fsp3) is 0.500. The molecule has 0 spiro atoms. The minimum Gasteiger partial charge on any atom is -0.353 e. The molecule has 0 aliphatic rings. The van der Waals surface area contributed by atoms with E-state index in [1.165, 1.54) is 0 Å². The lowest BCUT2D eigenvalue weighted by atomic mass is 10.2. The first-order valence-corrected chi connectivity index (χ1v) is 8.11. The van der Waals surface area contributed by atoms with Crippen LogP contribution in [0.5, 0.6) is 0 Å². The number of sulfonamides is 1. The molecule has 6 heteroatoms. The van der Waals surface area contributed by atoms with Gasteiger partial charge >= 0.3 is 0 Å². The average Bonchev–Trinajstić information content (AvgIpc) is 2.39. The van der Waals surface area contributed by atoms with Crippen LogP contribution >= 0.6 is 0 Å². The predicted molar refractivity (Wildman–Crippen MR) is 79.0 cm³/mol. The molecule has 1 aromatic rings. The van der Waals surface area contributed by atoms with E-state index in [9.17, 15) is 13.2 Å². The number of rotatable bonds is 6. The van der Waals surface area contributed by atoms with E-state index in [1.807, 2.05) is 26.8 Å². The molecule has 0 fully saturated rings. The Bertz CT molecular complexity index is 582. The van der Waals surface area contributed by atoms with Crippen molar-refractivity contribution in [1.29, 1.82) is 0 Å². The summed E-state index contributed by atoms with van der Waals surface area (Å²) in [7, 11) is -3.66. The summed E-state index contributed by atoms with van der Waals surface area (Å²) >= 11 is 0. The van der Waals surface area contributed by atoms with Crippen molar-refractivity contribution in [2.24, 2.45) is 0 Å². The van der Waals surface area contributed by atoms with Crippen molar-refractivity contribution in [2.45, 2.75) is 45.1 Å². The number of nitrogens with one attached hydrogen (secondary N) is 2. The van der Waals surface area contributed by atoms with E-state index in [2.05, 4.69) is 10.0 Å². The zero-order chi connectivity index (χ0) is 15.3. The normalized spacial score (nSPS) is 13.0. The van der Waals surface area contributed by atoms with Gasteiger partial charge in [0.05, 0.1) is 11.4 Å². The maximum absolute atomic E-state index is 12.2. The van der Waals surface area contributed by atoms with Gasteiger partial charge in [0.15, 0.2) is 0 Å². The van der Waals surface area contributed by atoms with Crippen molar-refractivity contribution >= 4 is 15.9 Å². The molecular weight excluding hydrogens is 276 g/mol. The Morgan fingerprint density at radius 3 is 2.55 bits per heavy atom. The van der Waals surface area contributed by atoms with Gasteiger partial charge in [-0.1, -0.05) is 19.1 Å². The highest BCUT2D eigenvalue weighted by Crippen LogP contribution is 2.16. The highest BCUT2D eigenvalue weighted by atomic mass is 32.2. The Morgan fingerprint density at radius 2 is 1.95 bits per heavy atom. The van der Waals surface area contributed by atoms with Crippen LogP contribution in [-0.2, 0) is 14.8 Å². The molecule has 0 heterocycles. The van der Waals surface area contributed by atoms with Crippen LogP contribution in [0.1, 0.15) is 31.4 Å². The molecule has 1 unspecified atom stereocenters. The van der Waals surface area contributed by atoms with Gasteiger partial charge in [-0.3, -0.25) is 4.79 Å². The van der Waals surface area contributed by atoms with Crippen molar-refractivity contribution in [3.8, 4) is 0 Å². The molecule has 20 heavy (non-hydrogen) atoms. The summed E-state index contributed by atoms with van der Waals surface area (Å²) in [5.74, 6) is -0.326. The first-order valence-electron chi connectivity index (χ1n) is 6.62. The number of hydrogen-bond acceptors (Lipinski definition) is 3. The molecule has 1 atom stereocenters. The van der Waals surface area contributed by atoms with Gasteiger partial charge in [0, 0.05) is 6.04 Å². The summed E-state index contributed by atoms with van der Waals surface area (Å²) in [6, 6.07) is 5.24. The Labute approximate surface area is 120 Å². The van der Waals surface area contributed by atoms with Gasteiger partial charge in [-0.25, -0.2) is 13.1 Å². The van der Waals surface area contributed by atoms with E-state index < -0.39 is 10.0 Å². The lowest BCUT2D eigenvalue weighted by Crippen LogP contribution is -2.40. The van der Waals surface area contributed by atoms with E-state index in [-0.39, 0.29) is 23.4 Å². The smallest absolute Gasteiger partial charge is 0.241 e. The first-order chi connectivity index (χ1) is 9.26. The topological polar surface area (TPSA) is 75.3 Å². The van der Waals surface area contributed by atoms with E-state index in [0.717, 1.165) is 12.0 Å². The van der Waals surface area contributed by atoms with Crippen molar-refractivity contribution in [2.75, 3.05) is 6.54 Å². The largest absolute Gasteiger partial charge is 0.353 e. The van der Waals surface area contributed by atoms with E-state index >= 15 is 0 Å². The average molecular weight is 298 g/mol. The zero-order valence-electron chi connectivity index (χ0n) is 12.4. The summed E-state index contributed by atoms with van der Waals surface area (Å²) in [4.78, 5) is 11.8. The molecule has 0 aromatic heterocycles. The molecule has 1 rings (SSSR count). The van der Waals surface area contributed by atoms with Gasteiger partial charge in [-0.2, -0.15) is 0 Å². The third-order valence-corrected chi connectivity index (χ3v) is 4.62. The quantitative estimate of drug-likeness (QED) is 0.835. The molecular formula is C14H22N2O3S. The van der Waals surface area contributed by atoms with Crippen LogP contribution in [0.15, 0.2) is 23.1 Å². The van der Waals surface area contributed by atoms with Crippen LogP contribution in [0.2, 0.25) is 0 Å². The Kier molecular flexibility index (Phi) is 5.71. The standard InChI is InChI=1S/C14H22N2O3S/c1-5-12(4)16-14(17)9-15-20(18,19)13-8-10(2)6-7-11(13)3/h6-8,12,15H,5,9H2,1-4H3,(H,16,17). The second-order valence-electron chi connectivity index (χ2n) is 4.97. The van der Waals surface area contributed by atoms with Gasteiger partial charge < -0.3 is 5.32 Å². The summed E-state index contributed by atoms with van der Waals surface area (Å²) in [5.41, 5.74) is 1.52. The monoisotopic (exact) mass is 298 g/mol. The molecule has 0 bridgehead atoms. The summed E-state index contributed by atoms with van der Waals surface area (Å²) in [6.07, 6.45) is 0.801. The second-order valence-corrected chi connectivity index (χ2v) is 6.71. The lowest BCUT2D eigenvalue weighted by Gasteiger charge is -2.13. The molecule has 0 saturated carbocycles. The first kappa shape index (κ1) is 16.7. The van der Waals surface area contributed by atoms with Crippen LogP contribution in [-0.4, -0.2) is 26.9 Å². The number of carbonyl (C=O) groups is 1. The lowest BCUT2D eigenvalue weighted by molar-refractivity contribution is -0.120. The highest BCUT2D eigenvalue weighted by molar-refractivity contribution is 7.89. The molecule has 1 aromatic carbocycles. The zero-order valence-corrected chi connectivity index (χ0v) is 13.2. The molecule has 112 valence electrons. The van der Waals surface area contributed by atoms with Crippen LogP contribution in [0.4, 0.5) is 0 Å². The molecule has 0 saturated heterocycles. The van der Waals surface area contributed by atoms with E-state index in [4.69, 9.17) is 0 Å². The molecule has 0 aliphatic carbocycles. The Balaban J connectivity index is 2.76. The van der Waals surface area contributed by atoms with E-state index in [0.29, 0.717) is 5.56 Å². The van der Waals surface area contributed by atoms with Crippen molar-refractivity contribution in [3.63, 3.8) is 0 Å². The molecule has 5 nitrogen and oxygen atoms in total. The third-order valence-electron chi connectivity index (χ3n) is 3.08. The van der Waals surface area contributed by atoms with E-state index in [1.54, 1.807) is 19.1 Å². The molecule has 0 aliphatic heterocycles. The summed E-state index contributed by atoms with van der Waals surface area (Å²) < 4.78 is 26.7. The van der Waals surface area contributed by atoms with Crippen LogP contribution in [0, 0.1) is 13.8 Å². The minimum absolute atomic E-state index is 0.0349. The van der Waals surface area contributed by atoms with Gasteiger partial charge in [-0.15, -0.1) is 0 Å². The Hall–Kier alpha value is -1.40. The highest BCUT2D eigenvalue weighted by Gasteiger charge is 2.18. The fourth-order valence-corrected chi connectivity index (χ4v) is 2.97. The molecule has 2 N–H and O–H groups in total. The maximum atomic E-state index is 12.2. The summed E-state index contributed by atoms with van der Waals surface area (Å²) in [6.45, 7) is 7.13. The number of carbonyl (C=O) groups excluding carboxylic acids is 1. The van der Waals surface area contributed by atoms with Gasteiger partial charge in [-0.05, 0) is 44.4 Å². The number of aryl methyl sites for hydroxylation is 2. The SMILES string of the molecule is CCC(C)NC(=O)CNS(=O)(=O)c1cc(C)ccc1C. The number of benzene rings is 1. The van der Waals surface area contributed by atoms with Crippen molar-refractivity contribution in [3.05, 3.63) is 29.3 Å². The van der Waals surface area contributed by atoms with Crippen molar-refractivity contribution in [1.82, 2.24) is 10.0 Å². The van der Waals surface area contributed by atoms with Crippen molar-refractivity contribution < 1.29 is 13.2 Å². The molecule has 0 radical (unpaired) electrons. The Morgan fingerprint density at radius 1 is 1.30 bits per heavy atom. The van der Waals surface area contributed by atoms with Gasteiger partial charge in [0.25, 0.3) is 0 Å². The van der Waals surface area contributed by atoms with Gasteiger partial charge in [0.2, 0.25) is 15.9 Å². The number of hydrogen-bond donors (Lipinski definition) is 2. The summed E-state index contributed by atoms with van der Waals surface area (Å²) in [5, 5.41) is 2.71. The predicted octanol–water partition coefficient (Wildman–Crippen LogP) is 1.50. The maximum Gasteiger partial charge on any atom is 0.241 e. The number of amides is 1. The second kappa shape index (κ2) is 6.85. The van der Waals surface area contributed by atoms with Crippen LogP contribution in [0.3, 0.4) is 0 Å². The van der Waals surface area contributed by atoms with Gasteiger partial charge in [0.1, 0.15) is 0 Å². The third kappa shape index (κ3) is 4.61. The molecule has 1 amide bonds. The van der Waals surface area contributed by atoms with Crippen LogP contribution in [0.25, 0.3) is 0 Å². The fourth-order valence-electron chi connectivity index (χ4n) is 1.66.